The number of aromatic nitrogens is 1. The number of methoxy groups -OCH3 is 5. The van der Waals surface area contributed by atoms with Gasteiger partial charge >= 0.3 is 5.63 Å². The van der Waals surface area contributed by atoms with Gasteiger partial charge in [-0.15, -0.1) is 0 Å². The van der Waals surface area contributed by atoms with Gasteiger partial charge in [0.2, 0.25) is 5.75 Å². The van der Waals surface area contributed by atoms with Crippen LogP contribution < -0.4 is 38.8 Å². The molecule has 5 aromatic rings. The van der Waals surface area contributed by atoms with Crippen molar-refractivity contribution >= 4 is 21.9 Å². The maximum absolute atomic E-state index is 14.0. The van der Waals surface area contributed by atoms with Gasteiger partial charge in [-0.25, -0.2) is 4.79 Å². The third-order valence-corrected chi connectivity index (χ3v) is 8.15. The van der Waals surface area contributed by atoms with E-state index in [1.165, 1.54) is 0 Å². The van der Waals surface area contributed by atoms with Gasteiger partial charge in [0, 0.05) is 40.1 Å². The van der Waals surface area contributed by atoms with Gasteiger partial charge in [-0.05, 0) is 63.9 Å². The van der Waals surface area contributed by atoms with E-state index in [4.69, 9.17) is 37.6 Å². The van der Waals surface area contributed by atoms with Crippen molar-refractivity contribution in [3.63, 3.8) is 0 Å². The van der Waals surface area contributed by atoms with Gasteiger partial charge in [0.15, 0.2) is 34.5 Å². The number of benzene rings is 3. The van der Waals surface area contributed by atoms with Gasteiger partial charge in [-0.1, -0.05) is 6.07 Å². The van der Waals surface area contributed by atoms with Gasteiger partial charge in [-0.3, -0.25) is 0 Å². The fourth-order valence-corrected chi connectivity index (χ4v) is 6.43. The normalized spacial score (nSPS) is 12.3. The van der Waals surface area contributed by atoms with E-state index in [9.17, 15) is 4.79 Å². The molecule has 0 fully saturated rings. The summed E-state index contributed by atoms with van der Waals surface area (Å²) in [6.07, 6.45) is 0.422. The van der Waals surface area contributed by atoms with Crippen LogP contribution in [0.25, 0.3) is 44.3 Å². The molecule has 10 nitrogen and oxygen atoms in total. The summed E-state index contributed by atoms with van der Waals surface area (Å²) in [5.41, 5.74) is 4.62. The van der Waals surface area contributed by atoms with Crippen molar-refractivity contribution in [3.8, 4) is 62.6 Å². The molecule has 0 unspecified atom stereocenters. The molecule has 0 spiro atoms. The first kappa shape index (κ1) is 31.0. The molecule has 0 atom stereocenters. The molecule has 0 aliphatic carbocycles. The molecule has 46 heavy (non-hydrogen) atoms. The van der Waals surface area contributed by atoms with Crippen molar-refractivity contribution in [1.29, 1.82) is 0 Å². The highest BCUT2D eigenvalue weighted by Crippen LogP contribution is 2.53. The fraction of sp³-hybridized carbons (Fsp3) is 0.361. The summed E-state index contributed by atoms with van der Waals surface area (Å²) in [6.45, 7) is 8.29. The molecule has 10 heteroatoms. The number of hydrogen-bond donors (Lipinski definition) is 0. The molecule has 0 saturated heterocycles. The van der Waals surface area contributed by atoms with Crippen LogP contribution in [-0.4, -0.2) is 52.3 Å². The Hall–Kier alpha value is -4.99. The second-order valence-corrected chi connectivity index (χ2v) is 11.6. The fourth-order valence-electron chi connectivity index (χ4n) is 6.43. The monoisotopic (exact) mass is 629 g/mol. The maximum Gasteiger partial charge on any atom is 0.361 e. The molecule has 0 N–H and O–H groups in total. The van der Waals surface area contributed by atoms with Crippen molar-refractivity contribution in [3.05, 3.63) is 52.4 Å². The first-order chi connectivity index (χ1) is 22.1. The Morgan fingerprint density at radius 3 is 2.00 bits per heavy atom. The molecule has 0 radical (unpaired) electrons. The van der Waals surface area contributed by atoms with Crippen LogP contribution in [0.1, 0.15) is 33.3 Å². The number of hydrogen-bond acceptors (Lipinski definition) is 9. The summed E-state index contributed by atoms with van der Waals surface area (Å²) in [6, 6.07) is 11.4. The molecule has 0 bridgehead atoms. The van der Waals surface area contributed by atoms with Crippen LogP contribution >= 0.6 is 0 Å². The van der Waals surface area contributed by atoms with E-state index >= 15 is 0 Å². The van der Waals surface area contributed by atoms with Gasteiger partial charge in [-0.2, -0.15) is 0 Å². The maximum atomic E-state index is 14.0. The van der Waals surface area contributed by atoms with Crippen LogP contribution in [0.2, 0.25) is 0 Å². The molecule has 242 valence electrons. The SMILES string of the molecule is COc1cc(-c2c3n(c4c(=O)oc5cc(OC(C)C)c(OC)cc5c24)CCc2c-3cc(OC)c(OC)c2OC)ccc1OC(C)C. The highest BCUT2D eigenvalue weighted by atomic mass is 16.5. The quantitative estimate of drug-likeness (QED) is 0.148. The highest BCUT2D eigenvalue weighted by molar-refractivity contribution is 6.17. The van der Waals surface area contributed by atoms with Crippen molar-refractivity contribution in [1.82, 2.24) is 4.57 Å². The molecule has 1 aliphatic heterocycles. The largest absolute Gasteiger partial charge is 0.493 e. The minimum absolute atomic E-state index is 0.0482. The zero-order valence-electron chi connectivity index (χ0n) is 27.7. The summed E-state index contributed by atoms with van der Waals surface area (Å²) in [5, 5.41) is 1.42. The van der Waals surface area contributed by atoms with Crippen LogP contribution in [-0.2, 0) is 13.0 Å². The molecular formula is C36H39NO9. The van der Waals surface area contributed by atoms with Crippen molar-refractivity contribution < 1.29 is 37.6 Å². The molecule has 0 saturated carbocycles. The zero-order valence-corrected chi connectivity index (χ0v) is 27.7. The second-order valence-electron chi connectivity index (χ2n) is 11.6. The predicted molar refractivity (Wildman–Crippen MR) is 177 cm³/mol. The Bertz CT molecular complexity index is 2020. The van der Waals surface area contributed by atoms with E-state index in [1.807, 2.05) is 62.6 Å². The standard InChI is InChI=1S/C36H39NO9/c1-18(2)44-24-11-10-20(14-26(24)39-5)30-31-23-16-27(40-6)28(45-19(3)4)17-25(23)46-36(38)33(31)37-13-12-21-22(32(30)37)15-29(41-7)35(43-9)34(21)42-8/h10-11,14-19H,12-13H2,1-9H3. The average Bonchev–Trinajstić information content (AvgIpc) is 3.39. The van der Waals surface area contributed by atoms with E-state index in [0.717, 1.165) is 33.3 Å². The topological polar surface area (TPSA) is 99.8 Å². The van der Waals surface area contributed by atoms with E-state index in [0.29, 0.717) is 69.7 Å². The lowest BCUT2D eigenvalue weighted by molar-refractivity contribution is 0.230. The van der Waals surface area contributed by atoms with E-state index in [1.54, 1.807) is 41.6 Å². The van der Waals surface area contributed by atoms with E-state index in [-0.39, 0.29) is 12.2 Å². The minimum Gasteiger partial charge on any atom is -0.493 e. The average molecular weight is 630 g/mol. The molecule has 3 aromatic carbocycles. The lowest BCUT2D eigenvalue weighted by Gasteiger charge is -2.25. The third-order valence-electron chi connectivity index (χ3n) is 8.15. The molecule has 2 aromatic heterocycles. The highest BCUT2D eigenvalue weighted by Gasteiger charge is 2.33. The molecule has 6 rings (SSSR count). The van der Waals surface area contributed by atoms with Crippen LogP contribution in [0.3, 0.4) is 0 Å². The Balaban J connectivity index is 1.80. The summed E-state index contributed by atoms with van der Waals surface area (Å²) in [5.74, 6) is 3.81. The second kappa shape index (κ2) is 12.1. The Morgan fingerprint density at radius 1 is 0.717 bits per heavy atom. The summed E-state index contributed by atoms with van der Waals surface area (Å²) < 4.78 is 49.1. The Labute approximate surface area is 267 Å². The van der Waals surface area contributed by atoms with Crippen molar-refractivity contribution in [2.45, 2.75) is 52.9 Å². The van der Waals surface area contributed by atoms with E-state index in [2.05, 4.69) is 0 Å². The zero-order chi connectivity index (χ0) is 32.9. The summed E-state index contributed by atoms with van der Waals surface area (Å²) >= 11 is 0. The van der Waals surface area contributed by atoms with Crippen LogP contribution in [0.15, 0.2) is 45.6 Å². The Morgan fingerprint density at radius 2 is 1.37 bits per heavy atom. The number of rotatable bonds is 10. The number of fused-ring (bicyclic) bond motifs is 7. The minimum atomic E-state index is -0.460. The molecule has 1 aliphatic rings. The third kappa shape index (κ3) is 4.92. The van der Waals surface area contributed by atoms with Crippen LogP contribution in [0, 0.1) is 0 Å². The summed E-state index contributed by atoms with van der Waals surface area (Å²) in [4.78, 5) is 14.0. The molecular weight excluding hydrogens is 590 g/mol. The predicted octanol–water partition coefficient (Wildman–Crippen LogP) is 7.26. The summed E-state index contributed by atoms with van der Waals surface area (Å²) in [7, 11) is 8.00. The first-order valence-electron chi connectivity index (χ1n) is 15.2. The lowest BCUT2D eigenvalue weighted by atomic mass is 9.91. The molecule has 0 amide bonds. The van der Waals surface area contributed by atoms with Crippen LogP contribution in [0.5, 0.6) is 40.2 Å². The van der Waals surface area contributed by atoms with Gasteiger partial charge < -0.3 is 42.1 Å². The number of nitrogens with zero attached hydrogens (tertiary/aromatic N) is 1. The Kier molecular flexibility index (Phi) is 8.14. The van der Waals surface area contributed by atoms with Crippen LogP contribution in [0.4, 0.5) is 0 Å². The number of ether oxygens (including phenoxy) is 7. The number of aryl methyl sites for hydroxylation is 1. The van der Waals surface area contributed by atoms with Gasteiger partial charge in [0.1, 0.15) is 11.1 Å². The molecule has 3 heterocycles. The van der Waals surface area contributed by atoms with Crippen molar-refractivity contribution in [2.24, 2.45) is 0 Å². The lowest BCUT2D eigenvalue weighted by Crippen LogP contribution is -2.16. The van der Waals surface area contributed by atoms with Gasteiger partial charge in [0.05, 0.1) is 53.5 Å². The van der Waals surface area contributed by atoms with E-state index < -0.39 is 5.63 Å². The smallest absolute Gasteiger partial charge is 0.361 e. The van der Waals surface area contributed by atoms with Crippen molar-refractivity contribution in [2.75, 3.05) is 35.5 Å². The first-order valence-corrected chi connectivity index (χ1v) is 15.2. The van der Waals surface area contributed by atoms with Gasteiger partial charge in [0.25, 0.3) is 0 Å².